The molecule has 7 nitrogen and oxygen atoms in total. The number of nitrogens with zero attached hydrogens (tertiary/aromatic N) is 1. The van der Waals surface area contributed by atoms with Gasteiger partial charge in [0.05, 0.1) is 11.3 Å². The molecule has 3 amide bonds. The molecule has 7 heteroatoms. The summed E-state index contributed by atoms with van der Waals surface area (Å²) in [4.78, 5) is 28.2. The highest BCUT2D eigenvalue weighted by Gasteiger charge is 2.22. The lowest BCUT2D eigenvalue weighted by Gasteiger charge is -2.33. The molecule has 0 saturated carbocycles. The molecule has 1 saturated heterocycles. The molecule has 0 spiro atoms. The van der Waals surface area contributed by atoms with Crippen LogP contribution in [-0.4, -0.2) is 45.3 Å². The van der Waals surface area contributed by atoms with E-state index >= 15 is 0 Å². The summed E-state index contributed by atoms with van der Waals surface area (Å²) >= 11 is 0. The van der Waals surface area contributed by atoms with Crippen LogP contribution in [0.1, 0.15) is 36.5 Å². The Labute approximate surface area is 206 Å². The maximum atomic E-state index is 13.1. The summed E-state index contributed by atoms with van der Waals surface area (Å²) in [6, 6.07) is 18.9. The summed E-state index contributed by atoms with van der Waals surface area (Å²) < 4.78 is 5.08. The van der Waals surface area contributed by atoms with Gasteiger partial charge in [-0.05, 0) is 54.8 Å². The molecule has 184 valence electrons. The fourth-order valence-corrected chi connectivity index (χ4v) is 4.45. The van der Waals surface area contributed by atoms with Gasteiger partial charge in [0.25, 0.3) is 5.91 Å². The van der Waals surface area contributed by atoms with Crippen molar-refractivity contribution in [1.29, 1.82) is 0 Å². The van der Waals surface area contributed by atoms with E-state index in [1.165, 1.54) is 0 Å². The highest BCUT2D eigenvalue weighted by molar-refractivity contribution is 6.07. The Bertz CT molecular complexity index is 1170. The highest BCUT2D eigenvalue weighted by Crippen LogP contribution is 2.29. The van der Waals surface area contributed by atoms with E-state index in [9.17, 15) is 9.59 Å². The van der Waals surface area contributed by atoms with Crippen LogP contribution in [0.4, 0.5) is 21.9 Å². The third-order valence-electron chi connectivity index (χ3n) is 6.47. The third-order valence-corrected chi connectivity index (χ3v) is 6.47. The van der Waals surface area contributed by atoms with Crippen molar-refractivity contribution in [3.63, 3.8) is 0 Å². The summed E-state index contributed by atoms with van der Waals surface area (Å²) in [5, 5.41) is 10.8. The molecule has 4 rings (SSSR count). The maximum Gasteiger partial charge on any atom is 0.323 e. The van der Waals surface area contributed by atoms with Crippen molar-refractivity contribution in [3.05, 3.63) is 66.2 Å². The van der Waals surface area contributed by atoms with Crippen molar-refractivity contribution in [3.8, 4) is 0 Å². The molecule has 0 atom stereocenters. The molecule has 1 aliphatic rings. The first-order valence-electron chi connectivity index (χ1n) is 12.3. The molecule has 0 unspecified atom stereocenters. The van der Waals surface area contributed by atoms with E-state index in [0.29, 0.717) is 30.3 Å². The molecule has 0 aliphatic carbocycles. The predicted octanol–water partition coefficient (Wildman–Crippen LogP) is 5.49. The zero-order chi connectivity index (χ0) is 24.6. The minimum absolute atomic E-state index is 0.146. The van der Waals surface area contributed by atoms with Crippen LogP contribution in [0.5, 0.6) is 0 Å². The number of nitrogens with one attached hydrogen (secondary N) is 3. The van der Waals surface area contributed by atoms with Gasteiger partial charge >= 0.3 is 6.03 Å². The number of hydrogen-bond donors (Lipinski definition) is 3. The van der Waals surface area contributed by atoms with Gasteiger partial charge in [-0.15, -0.1) is 0 Å². The van der Waals surface area contributed by atoms with E-state index in [-0.39, 0.29) is 11.9 Å². The van der Waals surface area contributed by atoms with Crippen molar-refractivity contribution in [2.75, 3.05) is 48.9 Å². The third kappa shape index (κ3) is 6.31. The topological polar surface area (TPSA) is 82.7 Å². The van der Waals surface area contributed by atoms with Crippen LogP contribution in [0, 0.1) is 5.92 Å². The number of carbonyl (C=O) groups is 2. The Morgan fingerprint density at radius 2 is 1.77 bits per heavy atom. The lowest BCUT2D eigenvalue weighted by molar-refractivity contribution is 0.0949. The molecule has 0 aromatic heterocycles. The molecule has 1 heterocycles. The Morgan fingerprint density at radius 1 is 1.00 bits per heavy atom. The summed E-state index contributed by atoms with van der Waals surface area (Å²) in [5.41, 5.74) is 2.77. The van der Waals surface area contributed by atoms with Crippen LogP contribution in [0.15, 0.2) is 60.7 Å². The standard InChI is InChI=1S/C28H34N4O3/c1-20-13-16-32(17-14-20)26-12-11-22(19-24(26)27(33)29-15-6-18-35-2)30-28(34)31-25-10-5-8-21-7-3-4-9-23(21)25/h3-5,7-12,19-20H,6,13-18H2,1-2H3,(H,29,33)(H2,30,31,34). The number of hydrogen-bond acceptors (Lipinski definition) is 4. The van der Waals surface area contributed by atoms with Gasteiger partial charge < -0.3 is 25.6 Å². The highest BCUT2D eigenvalue weighted by atomic mass is 16.5. The Kier molecular flexibility index (Phi) is 8.21. The summed E-state index contributed by atoms with van der Waals surface area (Å²) in [6.07, 6.45) is 2.94. The van der Waals surface area contributed by atoms with Crippen LogP contribution < -0.4 is 20.9 Å². The van der Waals surface area contributed by atoms with Crippen LogP contribution in [0.3, 0.4) is 0 Å². The normalized spacial score (nSPS) is 14.1. The molecular formula is C28H34N4O3. The number of urea groups is 1. The van der Waals surface area contributed by atoms with Crippen molar-refractivity contribution in [1.82, 2.24) is 5.32 Å². The Balaban J connectivity index is 1.51. The molecule has 3 aromatic rings. The number of methoxy groups -OCH3 is 1. The van der Waals surface area contributed by atoms with Gasteiger partial charge in [-0.1, -0.05) is 43.3 Å². The largest absolute Gasteiger partial charge is 0.385 e. The number of fused-ring (bicyclic) bond motifs is 1. The van der Waals surface area contributed by atoms with E-state index in [4.69, 9.17) is 4.74 Å². The van der Waals surface area contributed by atoms with Crippen LogP contribution >= 0.6 is 0 Å². The number of piperidine rings is 1. The second-order valence-corrected chi connectivity index (χ2v) is 9.11. The van der Waals surface area contributed by atoms with Crippen LogP contribution in [0.25, 0.3) is 10.8 Å². The number of amides is 3. The minimum atomic E-state index is -0.354. The van der Waals surface area contributed by atoms with Gasteiger partial charge in [0, 0.05) is 50.1 Å². The van der Waals surface area contributed by atoms with Crippen molar-refractivity contribution >= 4 is 39.8 Å². The minimum Gasteiger partial charge on any atom is -0.385 e. The van der Waals surface area contributed by atoms with Gasteiger partial charge in [0.15, 0.2) is 0 Å². The second kappa shape index (κ2) is 11.7. The molecule has 0 bridgehead atoms. The molecule has 3 aromatic carbocycles. The number of carbonyl (C=O) groups excluding carboxylic acids is 2. The van der Waals surface area contributed by atoms with E-state index < -0.39 is 0 Å². The SMILES string of the molecule is COCCCNC(=O)c1cc(NC(=O)Nc2cccc3ccccc23)ccc1N1CCC(C)CC1. The molecular weight excluding hydrogens is 440 g/mol. The fraction of sp³-hybridized carbons (Fsp3) is 0.357. The zero-order valence-corrected chi connectivity index (χ0v) is 20.5. The van der Waals surface area contributed by atoms with Gasteiger partial charge in [-0.2, -0.15) is 0 Å². The molecule has 3 N–H and O–H groups in total. The quantitative estimate of drug-likeness (QED) is 0.377. The van der Waals surface area contributed by atoms with E-state index in [0.717, 1.165) is 54.5 Å². The van der Waals surface area contributed by atoms with Crippen LogP contribution in [0.2, 0.25) is 0 Å². The first-order chi connectivity index (χ1) is 17.0. The predicted molar refractivity (Wildman–Crippen MR) is 142 cm³/mol. The van der Waals surface area contributed by atoms with E-state index in [1.807, 2.05) is 54.6 Å². The first-order valence-corrected chi connectivity index (χ1v) is 12.3. The van der Waals surface area contributed by atoms with Crippen molar-refractivity contribution in [2.45, 2.75) is 26.2 Å². The lowest BCUT2D eigenvalue weighted by atomic mass is 9.98. The summed E-state index contributed by atoms with van der Waals surface area (Å²) in [5.74, 6) is 0.545. The molecule has 1 fully saturated rings. The van der Waals surface area contributed by atoms with E-state index in [2.05, 4.69) is 27.8 Å². The molecule has 1 aliphatic heterocycles. The Hall–Kier alpha value is -3.58. The number of ether oxygens (including phenoxy) is 1. The monoisotopic (exact) mass is 474 g/mol. The van der Waals surface area contributed by atoms with Gasteiger partial charge in [-0.25, -0.2) is 4.79 Å². The second-order valence-electron chi connectivity index (χ2n) is 9.11. The fourth-order valence-electron chi connectivity index (χ4n) is 4.45. The molecule has 35 heavy (non-hydrogen) atoms. The van der Waals surface area contributed by atoms with Crippen molar-refractivity contribution in [2.24, 2.45) is 5.92 Å². The summed E-state index contributed by atoms with van der Waals surface area (Å²) in [6.45, 7) is 5.22. The van der Waals surface area contributed by atoms with Gasteiger partial charge in [0.1, 0.15) is 0 Å². The zero-order valence-electron chi connectivity index (χ0n) is 20.5. The molecule has 0 radical (unpaired) electrons. The lowest BCUT2D eigenvalue weighted by Crippen LogP contribution is -2.35. The van der Waals surface area contributed by atoms with Crippen molar-refractivity contribution < 1.29 is 14.3 Å². The smallest absolute Gasteiger partial charge is 0.323 e. The average Bonchev–Trinajstić information content (AvgIpc) is 2.87. The average molecular weight is 475 g/mol. The van der Waals surface area contributed by atoms with Gasteiger partial charge in [0.2, 0.25) is 0 Å². The van der Waals surface area contributed by atoms with Crippen LogP contribution in [-0.2, 0) is 4.74 Å². The number of rotatable bonds is 8. The first kappa shape index (κ1) is 24.5. The Morgan fingerprint density at radius 3 is 2.57 bits per heavy atom. The van der Waals surface area contributed by atoms with Gasteiger partial charge in [-0.3, -0.25) is 4.79 Å². The summed E-state index contributed by atoms with van der Waals surface area (Å²) in [7, 11) is 1.65. The number of anilines is 3. The number of benzene rings is 3. The van der Waals surface area contributed by atoms with E-state index in [1.54, 1.807) is 13.2 Å². The maximum absolute atomic E-state index is 13.1.